The highest BCUT2D eigenvalue weighted by Crippen LogP contribution is 2.34. The van der Waals surface area contributed by atoms with E-state index >= 15 is 0 Å². The molecule has 3 amide bonds. The molecule has 0 radical (unpaired) electrons. The second-order valence-electron chi connectivity index (χ2n) is 12.5. The number of carbonyl (C=O) groups is 3. The van der Waals surface area contributed by atoms with Crippen molar-refractivity contribution in [1.29, 1.82) is 0 Å². The van der Waals surface area contributed by atoms with Crippen molar-refractivity contribution in [3.8, 4) is 0 Å². The van der Waals surface area contributed by atoms with Gasteiger partial charge in [-0.15, -0.1) is 0 Å². The third-order valence-corrected chi connectivity index (χ3v) is 9.65. The normalized spacial score (nSPS) is 21.7. The molecule has 3 aliphatic rings. The van der Waals surface area contributed by atoms with E-state index in [9.17, 15) is 14.4 Å². The number of rotatable bonds is 6. The molecule has 13 heteroatoms. The summed E-state index contributed by atoms with van der Waals surface area (Å²) in [5.74, 6) is 0.563. The average Bonchev–Trinajstić information content (AvgIpc) is 3.42. The van der Waals surface area contributed by atoms with Crippen LogP contribution in [-0.4, -0.2) is 63.6 Å². The number of aryl methyl sites for hydroxylation is 1. The van der Waals surface area contributed by atoms with Gasteiger partial charge in [0.2, 0.25) is 23.7 Å². The van der Waals surface area contributed by atoms with Crippen molar-refractivity contribution in [3.05, 3.63) is 58.9 Å². The summed E-state index contributed by atoms with van der Waals surface area (Å²) in [7, 11) is 3.67. The lowest BCUT2D eigenvalue weighted by atomic mass is 9.92. The number of halogens is 1. The van der Waals surface area contributed by atoms with Crippen LogP contribution in [0.1, 0.15) is 49.8 Å². The van der Waals surface area contributed by atoms with E-state index in [1.54, 1.807) is 18.1 Å². The Morgan fingerprint density at radius 3 is 2.70 bits per heavy atom. The first kappa shape index (κ1) is 30.0. The zero-order valence-corrected chi connectivity index (χ0v) is 26.8. The van der Waals surface area contributed by atoms with Crippen LogP contribution >= 0.6 is 11.6 Å². The van der Waals surface area contributed by atoms with Gasteiger partial charge >= 0.3 is 0 Å². The van der Waals surface area contributed by atoms with Crippen molar-refractivity contribution in [1.82, 2.24) is 25.1 Å². The Labute approximate surface area is 271 Å². The monoisotopic (exact) mass is 641 g/mol. The van der Waals surface area contributed by atoms with Crippen LogP contribution in [0.25, 0.3) is 10.9 Å². The van der Waals surface area contributed by atoms with E-state index in [4.69, 9.17) is 16.6 Å². The molecule has 7 rings (SSSR count). The maximum absolute atomic E-state index is 12.5. The number of piperidine rings is 1. The molecule has 0 bridgehead atoms. The minimum absolute atomic E-state index is 0.0778. The molecule has 0 spiro atoms. The summed E-state index contributed by atoms with van der Waals surface area (Å²) < 4.78 is 1.81. The summed E-state index contributed by atoms with van der Waals surface area (Å²) in [5.41, 5.74) is 5.35. The molecule has 2 fully saturated rings. The Kier molecular flexibility index (Phi) is 7.75. The number of nitrogens with zero attached hydrogens (tertiary/aromatic N) is 6. The molecule has 2 aromatic carbocycles. The van der Waals surface area contributed by atoms with Crippen molar-refractivity contribution in [2.24, 2.45) is 13.0 Å². The third-order valence-electron chi connectivity index (χ3n) is 9.37. The van der Waals surface area contributed by atoms with Gasteiger partial charge in [0.1, 0.15) is 5.02 Å². The molecule has 0 aliphatic carbocycles. The Morgan fingerprint density at radius 2 is 1.87 bits per heavy atom. The van der Waals surface area contributed by atoms with Crippen molar-refractivity contribution >= 4 is 69.1 Å². The van der Waals surface area contributed by atoms with E-state index < -0.39 is 5.92 Å². The number of imide groups is 1. The molecule has 2 saturated heterocycles. The number of anilines is 5. The molecule has 2 aromatic heterocycles. The average molecular weight is 642 g/mol. The predicted octanol–water partition coefficient (Wildman–Crippen LogP) is 4.52. The van der Waals surface area contributed by atoms with E-state index in [0.29, 0.717) is 41.7 Å². The van der Waals surface area contributed by atoms with Gasteiger partial charge in [-0.1, -0.05) is 18.5 Å². The van der Waals surface area contributed by atoms with Crippen molar-refractivity contribution in [2.45, 2.75) is 51.0 Å². The first-order valence-electron chi connectivity index (χ1n) is 15.7. The molecule has 3 atom stereocenters. The van der Waals surface area contributed by atoms with E-state index in [1.807, 2.05) is 42.1 Å². The minimum Gasteiger partial charge on any atom is -0.382 e. The summed E-state index contributed by atoms with van der Waals surface area (Å²) in [6.45, 7) is 3.81. The van der Waals surface area contributed by atoms with Gasteiger partial charge in [-0.25, -0.2) is 4.98 Å². The van der Waals surface area contributed by atoms with Crippen LogP contribution in [0.3, 0.4) is 0 Å². The minimum atomic E-state index is -0.431. The highest BCUT2D eigenvalue weighted by Gasteiger charge is 2.32. The van der Waals surface area contributed by atoms with Crippen LogP contribution in [0.15, 0.2) is 42.6 Å². The summed E-state index contributed by atoms with van der Waals surface area (Å²) in [5, 5.41) is 15.6. The van der Waals surface area contributed by atoms with Gasteiger partial charge < -0.3 is 20.4 Å². The van der Waals surface area contributed by atoms with E-state index in [-0.39, 0.29) is 29.7 Å². The van der Waals surface area contributed by atoms with Crippen molar-refractivity contribution in [3.63, 3.8) is 0 Å². The number of hydrogen-bond donors (Lipinski definition) is 3. The molecular weight excluding hydrogens is 606 g/mol. The second kappa shape index (κ2) is 11.9. The molecule has 3 unspecified atom stereocenters. The lowest BCUT2D eigenvalue weighted by molar-refractivity contribution is -0.134. The number of fused-ring (bicyclic) bond motifs is 2. The van der Waals surface area contributed by atoms with Gasteiger partial charge in [0, 0.05) is 62.1 Å². The molecule has 5 heterocycles. The Hall–Kier alpha value is -4.71. The van der Waals surface area contributed by atoms with Crippen LogP contribution < -0.4 is 25.8 Å². The Morgan fingerprint density at radius 1 is 1.04 bits per heavy atom. The molecule has 0 saturated carbocycles. The van der Waals surface area contributed by atoms with Gasteiger partial charge in [-0.05, 0) is 67.1 Å². The largest absolute Gasteiger partial charge is 0.382 e. The summed E-state index contributed by atoms with van der Waals surface area (Å²) in [6, 6.07) is 12.2. The smallest absolute Gasteiger partial charge is 0.235 e. The van der Waals surface area contributed by atoms with Crippen LogP contribution in [-0.2, 0) is 27.9 Å². The maximum atomic E-state index is 12.5. The standard InChI is InChI=1S/C33H36ClN9O3/c1-18-17-43(33-35-16-24(34)31(39-33)37-20-7-10-26-19(13-20)14-29(45)41(26)2)12-4-5-25(18)36-21-6-8-22-27(15-21)42(3)40-30(22)23-9-11-28(44)38-32(23)46/h6-8,10,13,15-16,18,23,25,36H,4-5,9,11-12,14,17H2,1-3H3,(H,35,37,39)(H,38,44,46). The number of benzene rings is 2. The number of aromatic nitrogens is 4. The van der Waals surface area contributed by atoms with Crippen LogP contribution in [0.5, 0.6) is 0 Å². The zero-order valence-electron chi connectivity index (χ0n) is 26.0. The SMILES string of the molecule is CC1CN(c2ncc(Cl)c(Nc3ccc4c(c3)CC(=O)N4C)n2)CCCC1Nc1ccc2c(C3CCC(=O)NC3=O)nn(C)c2c1. The van der Waals surface area contributed by atoms with Gasteiger partial charge in [0.05, 0.1) is 29.7 Å². The number of nitrogens with one attached hydrogen (secondary N) is 3. The summed E-state index contributed by atoms with van der Waals surface area (Å²) in [6.07, 6.45) is 4.73. The van der Waals surface area contributed by atoms with Crippen molar-refractivity contribution < 1.29 is 14.4 Å². The molecule has 3 N–H and O–H groups in total. The van der Waals surface area contributed by atoms with E-state index in [2.05, 4.69) is 43.9 Å². The lowest BCUT2D eigenvalue weighted by Gasteiger charge is -2.27. The zero-order chi connectivity index (χ0) is 32.1. The quantitative estimate of drug-likeness (QED) is 0.260. The second-order valence-corrected chi connectivity index (χ2v) is 12.9. The topological polar surface area (TPSA) is 137 Å². The first-order chi connectivity index (χ1) is 22.1. The first-order valence-corrected chi connectivity index (χ1v) is 16.0. The Bertz CT molecular complexity index is 1870. The van der Waals surface area contributed by atoms with Gasteiger partial charge in [0.15, 0.2) is 5.82 Å². The van der Waals surface area contributed by atoms with Crippen LogP contribution in [0, 0.1) is 5.92 Å². The highest BCUT2D eigenvalue weighted by atomic mass is 35.5. The fourth-order valence-electron chi connectivity index (χ4n) is 6.83. The van der Waals surface area contributed by atoms with Crippen LogP contribution in [0.2, 0.25) is 5.02 Å². The molecular formula is C33H36ClN9O3. The van der Waals surface area contributed by atoms with Crippen molar-refractivity contribution in [2.75, 3.05) is 40.6 Å². The highest BCUT2D eigenvalue weighted by molar-refractivity contribution is 6.32. The molecule has 46 heavy (non-hydrogen) atoms. The van der Waals surface area contributed by atoms with Gasteiger partial charge in [-0.3, -0.25) is 24.4 Å². The summed E-state index contributed by atoms with van der Waals surface area (Å²) in [4.78, 5) is 49.6. The lowest BCUT2D eigenvalue weighted by Crippen LogP contribution is -2.39. The van der Waals surface area contributed by atoms with E-state index in [0.717, 1.165) is 59.5 Å². The number of carbonyl (C=O) groups excluding carboxylic acids is 3. The Balaban J connectivity index is 1.04. The van der Waals surface area contributed by atoms with E-state index in [1.165, 1.54) is 0 Å². The molecule has 3 aliphatic heterocycles. The fourth-order valence-corrected chi connectivity index (χ4v) is 6.97. The van der Waals surface area contributed by atoms with Crippen LogP contribution in [0.4, 0.5) is 28.8 Å². The molecule has 12 nitrogen and oxygen atoms in total. The predicted molar refractivity (Wildman–Crippen MR) is 178 cm³/mol. The van der Waals surface area contributed by atoms with Gasteiger partial charge in [0.25, 0.3) is 0 Å². The molecule has 238 valence electrons. The fraction of sp³-hybridized carbons (Fsp3) is 0.394. The number of hydrogen-bond acceptors (Lipinski definition) is 9. The summed E-state index contributed by atoms with van der Waals surface area (Å²) >= 11 is 6.52. The number of likely N-dealkylation sites (N-methyl/N-ethyl adjacent to an activating group) is 1. The number of amides is 3. The molecule has 4 aromatic rings. The van der Waals surface area contributed by atoms with Gasteiger partial charge in [-0.2, -0.15) is 10.1 Å². The maximum Gasteiger partial charge on any atom is 0.235 e. The third kappa shape index (κ3) is 5.61.